The molecule has 0 atom stereocenters. The molecule has 0 aliphatic carbocycles. The van der Waals surface area contributed by atoms with Crippen molar-refractivity contribution in [2.45, 2.75) is 12.1 Å². The van der Waals surface area contributed by atoms with Crippen LogP contribution in [0.25, 0.3) is 11.3 Å². The summed E-state index contributed by atoms with van der Waals surface area (Å²) >= 11 is 1.40. The summed E-state index contributed by atoms with van der Waals surface area (Å²) in [6.45, 7) is 2.93. The van der Waals surface area contributed by atoms with Gasteiger partial charge in [0.05, 0.1) is 26.5 Å². The van der Waals surface area contributed by atoms with Gasteiger partial charge in [-0.3, -0.25) is 0 Å². The maximum Gasteiger partial charge on any atom is 0.189 e. The molecule has 1 aromatic heterocycles. The van der Waals surface area contributed by atoms with E-state index in [1.54, 1.807) is 26.4 Å². The molecule has 0 aliphatic rings. The lowest BCUT2D eigenvalue weighted by molar-refractivity contribution is 0.302. The molecule has 0 bridgehead atoms. The Morgan fingerprint density at radius 1 is 1.23 bits per heavy atom. The van der Waals surface area contributed by atoms with Crippen LogP contribution in [0.4, 0.5) is 5.82 Å². The summed E-state index contributed by atoms with van der Waals surface area (Å²) in [5.74, 6) is 1.68. The Morgan fingerprint density at radius 3 is 2.50 bits per heavy atom. The summed E-state index contributed by atoms with van der Waals surface area (Å²) in [6.07, 6.45) is 1.88. The summed E-state index contributed by atoms with van der Waals surface area (Å²) in [4.78, 5) is 10.9. The number of aliphatic hydroxyl groups is 1. The summed E-state index contributed by atoms with van der Waals surface area (Å²) < 4.78 is 10.6. The van der Waals surface area contributed by atoms with E-state index in [9.17, 15) is 10.4 Å². The molecule has 1 heterocycles. The Kier molecular flexibility index (Phi) is 7.06. The monoisotopic (exact) mass is 374 g/mol. The van der Waals surface area contributed by atoms with Gasteiger partial charge in [-0.05, 0) is 31.4 Å². The topological polar surface area (TPSA) is 91.5 Å². The fourth-order valence-corrected chi connectivity index (χ4v) is 2.94. The highest BCUT2D eigenvalue weighted by molar-refractivity contribution is 7.98. The van der Waals surface area contributed by atoms with Crippen molar-refractivity contribution in [1.82, 2.24) is 9.97 Å². The van der Waals surface area contributed by atoms with Gasteiger partial charge in [0.2, 0.25) is 0 Å². The lowest BCUT2D eigenvalue weighted by Gasteiger charge is -2.23. The van der Waals surface area contributed by atoms with Crippen molar-refractivity contribution < 1.29 is 14.6 Å². The SMILES string of the molecule is CCN(CCO)c1nc(SC)nc(-c2ccc(OC)c(OC)c2)c1C#N. The normalized spacial score (nSPS) is 10.3. The van der Waals surface area contributed by atoms with Crippen LogP contribution in [0.3, 0.4) is 0 Å². The Hall–Kier alpha value is -2.50. The van der Waals surface area contributed by atoms with E-state index >= 15 is 0 Å². The maximum absolute atomic E-state index is 9.78. The fourth-order valence-electron chi connectivity index (χ4n) is 2.58. The van der Waals surface area contributed by atoms with E-state index in [-0.39, 0.29) is 6.61 Å². The largest absolute Gasteiger partial charge is 0.493 e. The van der Waals surface area contributed by atoms with Crippen LogP contribution < -0.4 is 14.4 Å². The minimum Gasteiger partial charge on any atom is -0.493 e. The van der Waals surface area contributed by atoms with E-state index in [0.29, 0.717) is 46.8 Å². The predicted octanol–water partition coefficient (Wildman–Crippen LogP) is 2.57. The molecule has 7 nitrogen and oxygen atoms in total. The van der Waals surface area contributed by atoms with Crippen molar-refractivity contribution >= 4 is 17.6 Å². The third-order valence-corrected chi connectivity index (χ3v) is 4.42. The van der Waals surface area contributed by atoms with Crippen LogP contribution in [0, 0.1) is 11.3 Å². The van der Waals surface area contributed by atoms with Gasteiger partial charge in [0.15, 0.2) is 22.5 Å². The van der Waals surface area contributed by atoms with E-state index in [2.05, 4.69) is 16.0 Å². The van der Waals surface area contributed by atoms with Crippen LogP contribution in [-0.2, 0) is 0 Å². The molecule has 0 saturated carbocycles. The number of thioether (sulfide) groups is 1. The quantitative estimate of drug-likeness (QED) is 0.557. The summed E-state index contributed by atoms with van der Waals surface area (Å²) in [5.41, 5.74) is 1.63. The minimum atomic E-state index is -0.0248. The Labute approximate surface area is 157 Å². The number of ether oxygens (including phenoxy) is 2. The second-order valence-corrected chi connectivity index (χ2v) is 6.02. The zero-order valence-corrected chi connectivity index (χ0v) is 16.1. The second-order valence-electron chi connectivity index (χ2n) is 5.24. The fraction of sp³-hybridized carbons (Fsp3) is 0.389. The summed E-state index contributed by atoms with van der Waals surface area (Å²) in [7, 11) is 3.13. The van der Waals surface area contributed by atoms with Crippen LogP contribution in [0.5, 0.6) is 11.5 Å². The Bertz CT molecular complexity index is 808. The highest BCUT2D eigenvalue weighted by Gasteiger charge is 2.20. The highest BCUT2D eigenvalue weighted by Crippen LogP contribution is 2.35. The van der Waals surface area contributed by atoms with Gasteiger partial charge in [0.1, 0.15) is 11.6 Å². The average molecular weight is 374 g/mol. The highest BCUT2D eigenvalue weighted by atomic mass is 32.2. The lowest BCUT2D eigenvalue weighted by atomic mass is 10.1. The zero-order chi connectivity index (χ0) is 19.1. The predicted molar refractivity (Wildman–Crippen MR) is 102 cm³/mol. The average Bonchev–Trinajstić information content (AvgIpc) is 2.70. The van der Waals surface area contributed by atoms with Gasteiger partial charge in [-0.25, -0.2) is 9.97 Å². The number of benzene rings is 1. The number of nitrogens with zero attached hydrogens (tertiary/aromatic N) is 4. The molecule has 0 amide bonds. The molecule has 0 aliphatic heterocycles. The van der Waals surface area contributed by atoms with E-state index < -0.39 is 0 Å². The van der Waals surface area contributed by atoms with Crippen molar-refractivity contribution in [3.05, 3.63) is 23.8 Å². The van der Waals surface area contributed by atoms with Crippen LogP contribution in [0.1, 0.15) is 12.5 Å². The first kappa shape index (κ1) is 19.8. The van der Waals surface area contributed by atoms with E-state index in [0.717, 1.165) is 5.56 Å². The number of hydrogen-bond donors (Lipinski definition) is 1. The number of hydrogen-bond acceptors (Lipinski definition) is 8. The number of rotatable bonds is 8. The molecule has 8 heteroatoms. The molecule has 0 fully saturated rings. The Balaban J connectivity index is 2.70. The molecule has 1 aromatic carbocycles. The molecular weight excluding hydrogens is 352 g/mol. The third kappa shape index (κ3) is 4.00. The first-order valence-corrected chi connectivity index (χ1v) is 9.30. The van der Waals surface area contributed by atoms with Gasteiger partial charge >= 0.3 is 0 Å². The maximum atomic E-state index is 9.78. The van der Waals surface area contributed by atoms with Crippen molar-refractivity contribution in [3.63, 3.8) is 0 Å². The molecule has 1 N–H and O–H groups in total. The van der Waals surface area contributed by atoms with Crippen LogP contribution in [-0.4, -0.2) is 55.2 Å². The number of methoxy groups -OCH3 is 2. The first-order chi connectivity index (χ1) is 12.6. The molecule has 138 valence electrons. The molecule has 0 saturated heterocycles. The Morgan fingerprint density at radius 2 is 1.96 bits per heavy atom. The van der Waals surface area contributed by atoms with Gasteiger partial charge in [0.25, 0.3) is 0 Å². The van der Waals surface area contributed by atoms with Gasteiger partial charge in [0, 0.05) is 18.7 Å². The number of likely N-dealkylation sites (N-methyl/N-ethyl adjacent to an activating group) is 1. The summed E-state index contributed by atoms with van der Waals surface area (Å²) in [6, 6.07) is 7.63. The standard InChI is InChI=1S/C18H22N4O3S/c1-5-22(8-9-23)17-13(11-19)16(20-18(21-17)26-4)12-6-7-14(24-2)15(10-12)25-3/h6-7,10,23H,5,8-9H2,1-4H3. The number of anilines is 1. The molecular formula is C18H22N4O3S. The number of aromatic nitrogens is 2. The smallest absolute Gasteiger partial charge is 0.189 e. The molecule has 2 rings (SSSR count). The molecule has 0 radical (unpaired) electrons. The van der Waals surface area contributed by atoms with Gasteiger partial charge in [-0.15, -0.1) is 0 Å². The minimum absolute atomic E-state index is 0.0248. The van der Waals surface area contributed by atoms with E-state index in [4.69, 9.17) is 9.47 Å². The number of nitriles is 1. The van der Waals surface area contributed by atoms with Crippen molar-refractivity contribution in [1.29, 1.82) is 5.26 Å². The summed E-state index contributed by atoms with van der Waals surface area (Å²) in [5, 5.41) is 19.7. The van der Waals surface area contributed by atoms with Crippen LogP contribution in [0.2, 0.25) is 0 Å². The van der Waals surface area contributed by atoms with Crippen LogP contribution in [0.15, 0.2) is 23.4 Å². The first-order valence-electron chi connectivity index (χ1n) is 8.07. The van der Waals surface area contributed by atoms with Crippen molar-refractivity contribution in [2.75, 3.05) is 45.1 Å². The second kappa shape index (κ2) is 9.27. The lowest BCUT2D eigenvalue weighted by Crippen LogP contribution is -2.28. The van der Waals surface area contributed by atoms with Gasteiger partial charge in [-0.2, -0.15) is 5.26 Å². The van der Waals surface area contributed by atoms with Crippen molar-refractivity contribution in [2.24, 2.45) is 0 Å². The zero-order valence-electron chi connectivity index (χ0n) is 15.3. The number of aliphatic hydroxyl groups excluding tert-OH is 1. The molecule has 0 spiro atoms. The van der Waals surface area contributed by atoms with Crippen molar-refractivity contribution in [3.8, 4) is 28.8 Å². The van der Waals surface area contributed by atoms with Gasteiger partial charge < -0.3 is 19.5 Å². The van der Waals surface area contributed by atoms with Crippen LogP contribution >= 0.6 is 11.8 Å². The van der Waals surface area contributed by atoms with E-state index in [1.165, 1.54) is 11.8 Å². The third-order valence-electron chi connectivity index (χ3n) is 3.87. The molecule has 0 unspecified atom stereocenters. The van der Waals surface area contributed by atoms with Gasteiger partial charge in [-0.1, -0.05) is 11.8 Å². The molecule has 2 aromatic rings. The molecule has 26 heavy (non-hydrogen) atoms. The van der Waals surface area contributed by atoms with E-state index in [1.807, 2.05) is 24.1 Å².